The van der Waals surface area contributed by atoms with Gasteiger partial charge in [-0.15, -0.1) is 11.8 Å². The van der Waals surface area contributed by atoms with Crippen molar-refractivity contribution in [2.75, 3.05) is 6.54 Å². The van der Waals surface area contributed by atoms with Crippen molar-refractivity contribution >= 4 is 0 Å². The van der Waals surface area contributed by atoms with E-state index in [-0.39, 0.29) is 0 Å². The number of aryl methyl sites for hydroxylation is 3. The summed E-state index contributed by atoms with van der Waals surface area (Å²) in [6, 6.07) is 5.00. The third-order valence-corrected chi connectivity index (χ3v) is 3.46. The summed E-state index contributed by atoms with van der Waals surface area (Å²) < 4.78 is 0. The van der Waals surface area contributed by atoms with Crippen LogP contribution in [0.25, 0.3) is 0 Å². The van der Waals surface area contributed by atoms with Gasteiger partial charge in [0.1, 0.15) is 0 Å². The molecule has 0 aromatic heterocycles. The van der Waals surface area contributed by atoms with Crippen LogP contribution in [-0.4, -0.2) is 6.54 Å². The third kappa shape index (κ3) is 4.73. The van der Waals surface area contributed by atoms with Crippen molar-refractivity contribution < 1.29 is 0 Å². The summed E-state index contributed by atoms with van der Waals surface area (Å²) in [6.45, 7) is 11.8. The van der Waals surface area contributed by atoms with E-state index in [2.05, 4.69) is 57.0 Å². The van der Waals surface area contributed by atoms with Gasteiger partial charge in [-0.1, -0.05) is 24.6 Å². The lowest BCUT2D eigenvalue weighted by Gasteiger charge is -2.23. The molecule has 1 N–H and O–H groups in total. The first-order valence-corrected chi connectivity index (χ1v) is 7.30. The van der Waals surface area contributed by atoms with Crippen molar-refractivity contribution in [2.45, 2.75) is 59.9 Å². The van der Waals surface area contributed by atoms with E-state index in [1.807, 2.05) is 6.92 Å². The lowest BCUT2D eigenvalue weighted by Crippen LogP contribution is -2.23. The minimum Gasteiger partial charge on any atom is -0.310 e. The van der Waals surface area contributed by atoms with E-state index in [4.69, 9.17) is 0 Å². The molecule has 1 rings (SSSR count). The second-order valence-corrected chi connectivity index (χ2v) is 5.28. The Hall–Kier alpha value is -1.26. The van der Waals surface area contributed by atoms with Crippen molar-refractivity contribution in [2.24, 2.45) is 0 Å². The fourth-order valence-corrected chi connectivity index (χ4v) is 2.75. The van der Waals surface area contributed by atoms with Crippen LogP contribution in [0.1, 0.15) is 61.4 Å². The molecule has 0 saturated heterocycles. The van der Waals surface area contributed by atoms with Crippen LogP contribution in [0.5, 0.6) is 0 Å². The summed E-state index contributed by atoms with van der Waals surface area (Å²) >= 11 is 0. The largest absolute Gasteiger partial charge is 0.310 e. The second kappa shape index (κ2) is 8.02. The van der Waals surface area contributed by atoms with Crippen molar-refractivity contribution in [3.05, 3.63) is 34.4 Å². The number of benzene rings is 1. The van der Waals surface area contributed by atoms with Crippen LogP contribution in [-0.2, 0) is 0 Å². The summed E-state index contributed by atoms with van der Waals surface area (Å²) in [6.07, 6.45) is 3.22. The predicted molar refractivity (Wildman–Crippen MR) is 84.4 cm³/mol. The van der Waals surface area contributed by atoms with Crippen LogP contribution >= 0.6 is 0 Å². The average Bonchev–Trinajstić information content (AvgIpc) is 2.34. The van der Waals surface area contributed by atoms with Gasteiger partial charge in [0, 0.05) is 12.5 Å². The quantitative estimate of drug-likeness (QED) is 0.742. The van der Waals surface area contributed by atoms with Gasteiger partial charge >= 0.3 is 0 Å². The zero-order valence-electron chi connectivity index (χ0n) is 13.1. The number of hydrogen-bond donors (Lipinski definition) is 1. The summed E-state index contributed by atoms with van der Waals surface area (Å²) in [5.41, 5.74) is 5.62. The van der Waals surface area contributed by atoms with Gasteiger partial charge in [0.05, 0.1) is 0 Å². The summed E-state index contributed by atoms with van der Waals surface area (Å²) in [7, 11) is 0. The van der Waals surface area contributed by atoms with Gasteiger partial charge in [0.2, 0.25) is 0 Å². The van der Waals surface area contributed by atoms with Crippen LogP contribution in [0, 0.1) is 32.6 Å². The molecule has 0 radical (unpaired) electrons. The molecule has 0 aliphatic heterocycles. The normalized spacial score (nSPS) is 11.8. The molecule has 0 fully saturated rings. The van der Waals surface area contributed by atoms with Crippen LogP contribution in [0.4, 0.5) is 0 Å². The minimum absolute atomic E-state index is 0.432. The maximum absolute atomic E-state index is 3.68. The van der Waals surface area contributed by atoms with Crippen LogP contribution in [0.3, 0.4) is 0 Å². The topological polar surface area (TPSA) is 12.0 Å². The minimum atomic E-state index is 0.432. The molecule has 1 atom stereocenters. The first-order valence-electron chi connectivity index (χ1n) is 7.30. The standard InChI is InChI=1S/C18H27N/c1-6-8-9-10-17(19-11-7-2)18-15(4)12-14(3)13-16(18)5/h12-13,17,19H,7,9-11H2,1-5H3. The highest BCUT2D eigenvalue weighted by Gasteiger charge is 2.15. The van der Waals surface area contributed by atoms with Crippen LogP contribution in [0.2, 0.25) is 0 Å². The number of rotatable bonds is 6. The monoisotopic (exact) mass is 257 g/mol. The van der Waals surface area contributed by atoms with Crippen LogP contribution in [0.15, 0.2) is 12.1 Å². The molecule has 1 aromatic rings. The molecule has 0 heterocycles. The van der Waals surface area contributed by atoms with E-state index in [0.717, 1.165) is 19.4 Å². The van der Waals surface area contributed by atoms with Gasteiger partial charge in [-0.25, -0.2) is 0 Å². The van der Waals surface area contributed by atoms with E-state index >= 15 is 0 Å². The second-order valence-electron chi connectivity index (χ2n) is 5.28. The Kier molecular flexibility index (Phi) is 6.67. The van der Waals surface area contributed by atoms with Crippen molar-refractivity contribution in [3.8, 4) is 11.8 Å². The Labute approximate surface area is 118 Å². The zero-order chi connectivity index (χ0) is 14.3. The van der Waals surface area contributed by atoms with E-state index in [1.165, 1.54) is 28.7 Å². The molecular weight excluding hydrogens is 230 g/mol. The molecule has 1 unspecified atom stereocenters. The maximum atomic E-state index is 3.68. The van der Waals surface area contributed by atoms with Crippen LogP contribution < -0.4 is 5.32 Å². The van der Waals surface area contributed by atoms with E-state index in [1.54, 1.807) is 0 Å². The van der Waals surface area contributed by atoms with Gasteiger partial charge < -0.3 is 5.32 Å². The third-order valence-electron chi connectivity index (χ3n) is 3.46. The Bertz CT molecular complexity index is 439. The number of nitrogens with one attached hydrogen (secondary N) is 1. The summed E-state index contributed by atoms with van der Waals surface area (Å²) in [5.74, 6) is 6.18. The van der Waals surface area contributed by atoms with E-state index in [0.29, 0.717) is 6.04 Å². The molecule has 1 nitrogen and oxygen atoms in total. The Balaban J connectivity index is 2.97. The summed E-state index contributed by atoms with van der Waals surface area (Å²) in [5, 5.41) is 3.68. The molecule has 0 amide bonds. The molecule has 0 saturated carbocycles. The number of hydrogen-bond acceptors (Lipinski definition) is 1. The van der Waals surface area contributed by atoms with Crippen molar-refractivity contribution in [1.29, 1.82) is 0 Å². The highest BCUT2D eigenvalue weighted by Crippen LogP contribution is 2.26. The first kappa shape index (κ1) is 15.8. The zero-order valence-corrected chi connectivity index (χ0v) is 13.1. The average molecular weight is 257 g/mol. The molecule has 0 spiro atoms. The summed E-state index contributed by atoms with van der Waals surface area (Å²) in [4.78, 5) is 0. The van der Waals surface area contributed by atoms with Gasteiger partial charge in [0.15, 0.2) is 0 Å². The lowest BCUT2D eigenvalue weighted by molar-refractivity contribution is 0.501. The molecule has 104 valence electrons. The Morgan fingerprint density at radius 3 is 2.32 bits per heavy atom. The van der Waals surface area contributed by atoms with Crippen molar-refractivity contribution in [3.63, 3.8) is 0 Å². The lowest BCUT2D eigenvalue weighted by atomic mass is 9.91. The highest BCUT2D eigenvalue weighted by molar-refractivity contribution is 5.39. The first-order chi connectivity index (χ1) is 9.10. The fourth-order valence-electron chi connectivity index (χ4n) is 2.75. The van der Waals surface area contributed by atoms with E-state index < -0.39 is 0 Å². The Morgan fingerprint density at radius 2 is 1.79 bits per heavy atom. The molecule has 1 heteroatoms. The predicted octanol–water partition coefficient (Wildman–Crippen LogP) is 4.46. The SMILES string of the molecule is CC#CCCC(NCCC)c1c(C)cc(C)cc1C. The molecule has 0 aliphatic carbocycles. The molecule has 1 aromatic carbocycles. The smallest absolute Gasteiger partial charge is 0.0334 e. The van der Waals surface area contributed by atoms with Gasteiger partial charge in [0.25, 0.3) is 0 Å². The molecule has 0 bridgehead atoms. The van der Waals surface area contributed by atoms with Gasteiger partial charge in [-0.3, -0.25) is 0 Å². The Morgan fingerprint density at radius 1 is 1.16 bits per heavy atom. The van der Waals surface area contributed by atoms with Gasteiger partial charge in [-0.05, 0) is 63.8 Å². The van der Waals surface area contributed by atoms with Crippen molar-refractivity contribution in [1.82, 2.24) is 5.32 Å². The van der Waals surface area contributed by atoms with Gasteiger partial charge in [-0.2, -0.15) is 0 Å². The maximum Gasteiger partial charge on any atom is 0.0334 e. The fraction of sp³-hybridized carbons (Fsp3) is 0.556. The molecule has 0 aliphatic rings. The highest BCUT2D eigenvalue weighted by atomic mass is 14.9. The molecule has 19 heavy (non-hydrogen) atoms. The van der Waals surface area contributed by atoms with E-state index in [9.17, 15) is 0 Å². The molecular formula is C18H27N.